The molecule has 1 aliphatic carbocycles. The zero-order valence-corrected chi connectivity index (χ0v) is 11.6. The van der Waals surface area contributed by atoms with Gasteiger partial charge in [-0.1, -0.05) is 36.8 Å². The Balaban J connectivity index is 1.91. The van der Waals surface area contributed by atoms with E-state index in [9.17, 15) is 4.79 Å². The Morgan fingerprint density at radius 1 is 1.16 bits per heavy atom. The molecule has 1 aromatic carbocycles. The molecule has 0 spiro atoms. The zero-order chi connectivity index (χ0) is 13.6. The van der Waals surface area contributed by atoms with Crippen LogP contribution in [0.4, 0.5) is 0 Å². The maximum Gasteiger partial charge on any atom is 0.338 e. The van der Waals surface area contributed by atoms with Gasteiger partial charge in [0.15, 0.2) is 5.60 Å². The van der Waals surface area contributed by atoms with Crippen molar-refractivity contribution in [2.45, 2.75) is 44.1 Å². The fourth-order valence-corrected chi connectivity index (χ4v) is 2.73. The molecule has 3 heteroatoms. The molecule has 0 atom stereocenters. The minimum Gasteiger partial charge on any atom is -0.467 e. The molecular weight excluding hydrogens is 240 g/mol. The lowest BCUT2D eigenvalue weighted by atomic mass is 9.84. The molecule has 104 valence electrons. The maximum atomic E-state index is 12.0. The molecule has 3 nitrogen and oxygen atoms in total. The lowest BCUT2D eigenvalue weighted by molar-refractivity contribution is -0.174. The summed E-state index contributed by atoms with van der Waals surface area (Å²) >= 11 is 0. The Morgan fingerprint density at radius 3 is 2.47 bits per heavy atom. The predicted molar refractivity (Wildman–Crippen MR) is 73.9 cm³/mol. The molecule has 1 fully saturated rings. The average Bonchev–Trinajstić information content (AvgIpc) is 2.48. The Bertz CT molecular complexity index is 394. The highest BCUT2D eigenvalue weighted by Gasteiger charge is 2.41. The Morgan fingerprint density at radius 2 is 1.84 bits per heavy atom. The molecule has 0 N–H and O–H groups in total. The quantitative estimate of drug-likeness (QED) is 0.765. The SMILES string of the molecule is COC(=O)C1(OCCc2ccccc2)CCCCC1. The van der Waals surface area contributed by atoms with Gasteiger partial charge in [-0.15, -0.1) is 0 Å². The highest BCUT2D eigenvalue weighted by molar-refractivity contribution is 5.79. The Kier molecular flexibility index (Phi) is 4.97. The van der Waals surface area contributed by atoms with E-state index in [1.165, 1.54) is 19.1 Å². The number of benzene rings is 1. The van der Waals surface area contributed by atoms with E-state index in [2.05, 4.69) is 12.1 Å². The molecule has 2 rings (SSSR count). The number of hydrogen-bond acceptors (Lipinski definition) is 3. The number of hydrogen-bond donors (Lipinski definition) is 0. The summed E-state index contributed by atoms with van der Waals surface area (Å²) in [5.41, 5.74) is 0.542. The van der Waals surface area contributed by atoms with Crippen molar-refractivity contribution < 1.29 is 14.3 Å². The summed E-state index contributed by atoms with van der Waals surface area (Å²) in [6.07, 6.45) is 5.67. The first kappa shape index (κ1) is 14.1. The summed E-state index contributed by atoms with van der Waals surface area (Å²) in [7, 11) is 1.44. The predicted octanol–water partition coefficient (Wildman–Crippen LogP) is 3.12. The van der Waals surface area contributed by atoms with Crippen molar-refractivity contribution in [2.75, 3.05) is 13.7 Å². The number of carbonyl (C=O) groups is 1. The third kappa shape index (κ3) is 3.57. The number of carbonyl (C=O) groups excluding carboxylic acids is 1. The molecule has 0 amide bonds. The van der Waals surface area contributed by atoms with Crippen LogP contribution in [0.25, 0.3) is 0 Å². The third-order valence-electron chi connectivity index (χ3n) is 3.83. The summed E-state index contributed by atoms with van der Waals surface area (Å²) in [5.74, 6) is -0.208. The molecule has 1 aromatic rings. The van der Waals surface area contributed by atoms with Crippen LogP contribution in [0.5, 0.6) is 0 Å². The van der Waals surface area contributed by atoms with Crippen LogP contribution in [0.3, 0.4) is 0 Å². The van der Waals surface area contributed by atoms with Gasteiger partial charge in [0.25, 0.3) is 0 Å². The largest absolute Gasteiger partial charge is 0.467 e. The van der Waals surface area contributed by atoms with Gasteiger partial charge in [0.1, 0.15) is 0 Å². The van der Waals surface area contributed by atoms with Crippen LogP contribution in [0.15, 0.2) is 30.3 Å². The van der Waals surface area contributed by atoms with Crippen molar-refractivity contribution in [1.82, 2.24) is 0 Å². The monoisotopic (exact) mass is 262 g/mol. The van der Waals surface area contributed by atoms with Crippen molar-refractivity contribution in [1.29, 1.82) is 0 Å². The second kappa shape index (κ2) is 6.71. The number of rotatable bonds is 5. The average molecular weight is 262 g/mol. The van der Waals surface area contributed by atoms with Crippen LogP contribution in [-0.4, -0.2) is 25.3 Å². The van der Waals surface area contributed by atoms with Gasteiger partial charge in [-0.25, -0.2) is 4.79 Å². The van der Waals surface area contributed by atoms with E-state index in [0.29, 0.717) is 6.61 Å². The molecular formula is C16H22O3. The standard InChI is InChI=1S/C16H22O3/c1-18-15(17)16(11-6-3-7-12-16)19-13-10-14-8-4-2-5-9-14/h2,4-5,8-9H,3,6-7,10-13H2,1H3. The van der Waals surface area contributed by atoms with E-state index in [1.807, 2.05) is 18.2 Å². The van der Waals surface area contributed by atoms with E-state index < -0.39 is 5.60 Å². The van der Waals surface area contributed by atoms with E-state index in [1.54, 1.807) is 0 Å². The Hall–Kier alpha value is -1.35. The van der Waals surface area contributed by atoms with E-state index in [4.69, 9.17) is 9.47 Å². The van der Waals surface area contributed by atoms with Crippen molar-refractivity contribution in [3.05, 3.63) is 35.9 Å². The van der Waals surface area contributed by atoms with Crippen molar-refractivity contribution in [3.8, 4) is 0 Å². The fraction of sp³-hybridized carbons (Fsp3) is 0.562. The maximum absolute atomic E-state index is 12.0. The van der Waals surface area contributed by atoms with E-state index >= 15 is 0 Å². The molecule has 0 aliphatic heterocycles. The lowest BCUT2D eigenvalue weighted by Gasteiger charge is -2.34. The van der Waals surface area contributed by atoms with Crippen LogP contribution in [0.2, 0.25) is 0 Å². The molecule has 0 bridgehead atoms. The molecule has 0 unspecified atom stereocenters. The molecule has 0 heterocycles. The lowest BCUT2D eigenvalue weighted by Crippen LogP contribution is -2.44. The smallest absolute Gasteiger partial charge is 0.338 e. The van der Waals surface area contributed by atoms with Gasteiger partial charge in [0, 0.05) is 0 Å². The highest BCUT2D eigenvalue weighted by Crippen LogP contribution is 2.32. The molecule has 0 saturated heterocycles. The summed E-state index contributed by atoms with van der Waals surface area (Å²) in [6.45, 7) is 0.569. The van der Waals surface area contributed by atoms with Crippen LogP contribution in [0, 0.1) is 0 Å². The summed E-state index contributed by atoms with van der Waals surface area (Å²) in [5, 5.41) is 0. The molecule has 0 aromatic heterocycles. The van der Waals surface area contributed by atoms with Gasteiger partial charge in [-0.05, 0) is 37.7 Å². The topological polar surface area (TPSA) is 35.5 Å². The minimum absolute atomic E-state index is 0.208. The van der Waals surface area contributed by atoms with E-state index in [0.717, 1.165) is 32.1 Å². The molecule has 1 saturated carbocycles. The second-order valence-electron chi connectivity index (χ2n) is 5.13. The first-order valence-electron chi connectivity index (χ1n) is 7.03. The van der Waals surface area contributed by atoms with E-state index in [-0.39, 0.29) is 5.97 Å². The fourth-order valence-electron chi connectivity index (χ4n) is 2.73. The summed E-state index contributed by atoms with van der Waals surface area (Å²) in [6, 6.07) is 10.2. The van der Waals surface area contributed by atoms with Crippen LogP contribution in [0.1, 0.15) is 37.7 Å². The first-order chi connectivity index (χ1) is 9.27. The van der Waals surface area contributed by atoms with Gasteiger partial charge >= 0.3 is 5.97 Å². The zero-order valence-electron chi connectivity index (χ0n) is 11.6. The van der Waals surface area contributed by atoms with Gasteiger partial charge in [0.2, 0.25) is 0 Å². The number of ether oxygens (including phenoxy) is 2. The normalized spacial score (nSPS) is 17.9. The highest BCUT2D eigenvalue weighted by atomic mass is 16.6. The van der Waals surface area contributed by atoms with Crippen molar-refractivity contribution >= 4 is 5.97 Å². The van der Waals surface area contributed by atoms with Gasteiger partial charge < -0.3 is 9.47 Å². The number of methoxy groups -OCH3 is 1. The van der Waals surface area contributed by atoms with Gasteiger partial charge in [-0.3, -0.25) is 0 Å². The van der Waals surface area contributed by atoms with Gasteiger partial charge in [-0.2, -0.15) is 0 Å². The minimum atomic E-state index is -0.693. The first-order valence-corrected chi connectivity index (χ1v) is 7.03. The number of esters is 1. The summed E-state index contributed by atoms with van der Waals surface area (Å²) in [4.78, 5) is 12.0. The molecule has 0 radical (unpaired) electrons. The van der Waals surface area contributed by atoms with Gasteiger partial charge in [0.05, 0.1) is 13.7 Å². The van der Waals surface area contributed by atoms with Crippen LogP contribution in [-0.2, 0) is 20.7 Å². The second-order valence-corrected chi connectivity index (χ2v) is 5.13. The summed E-state index contributed by atoms with van der Waals surface area (Å²) < 4.78 is 10.9. The molecule has 19 heavy (non-hydrogen) atoms. The molecule has 1 aliphatic rings. The Labute approximate surface area is 114 Å². The van der Waals surface area contributed by atoms with Crippen LogP contribution < -0.4 is 0 Å². The van der Waals surface area contributed by atoms with Crippen molar-refractivity contribution in [2.24, 2.45) is 0 Å². The third-order valence-corrected chi connectivity index (χ3v) is 3.83. The van der Waals surface area contributed by atoms with Crippen LogP contribution >= 0.6 is 0 Å². The van der Waals surface area contributed by atoms with Crippen molar-refractivity contribution in [3.63, 3.8) is 0 Å².